The number of carbonyl (C=O) groups is 2. The van der Waals surface area contributed by atoms with E-state index >= 15 is 0 Å². The van der Waals surface area contributed by atoms with Crippen molar-refractivity contribution in [2.24, 2.45) is 16.6 Å². The zero-order valence-electron chi connectivity index (χ0n) is 18.0. The highest BCUT2D eigenvalue weighted by Crippen LogP contribution is 2.23. The molecule has 0 aromatic heterocycles. The molecule has 170 valence electrons. The lowest BCUT2D eigenvalue weighted by Gasteiger charge is -2.25. The number of rotatable bonds is 12. The van der Waals surface area contributed by atoms with Gasteiger partial charge in [-0.3, -0.25) is 9.59 Å². The van der Waals surface area contributed by atoms with Gasteiger partial charge in [0.05, 0.1) is 16.9 Å². The van der Waals surface area contributed by atoms with Crippen LogP contribution in [0.3, 0.4) is 0 Å². The fourth-order valence-corrected chi connectivity index (χ4v) is 3.32. The van der Waals surface area contributed by atoms with Gasteiger partial charge in [-0.05, 0) is 59.6 Å². The summed E-state index contributed by atoms with van der Waals surface area (Å²) in [6, 6.07) is 22.1. The predicted octanol–water partition coefficient (Wildman–Crippen LogP) is 3.55. The highest BCUT2D eigenvalue weighted by atomic mass is 16.3. The maximum absolute atomic E-state index is 11.7. The molecular weight excluding hydrogens is 420 g/mol. The van der Waals surface area contributed by atoms with Crippen LogP contribution in [0, 0.1) is 4.91 Å². The Morgan fingerprint density at radius 3 is 2.24 bits per heavy atom. The minimum absolute atomic E-state index is 0.116. The standard InChI is InChI=1S/C24H26N6O3/c25-23(31)13-15-30(14-12-17-4-2-1-3-5-17)20-9-6-18(7-10-20)27-28-22-11-8-19(29-33)16-21(22)24(26)32/h1-11,16,27-28H,12-15H2,(H2,25,31)(H2,26,32). The fourth-order valence-electron chi connectivity index (χ4n) is 3.32. The number of nitrogens with one attached hydrogen (secondary N) is 2. The monoisotopic (exact) mass is 446 g/mol. The number of hydrazine groups is 1. The molecule has 0 atom stereocenters. The van der Waals surface area contributed by atoms with Crippen LogP contribution >= 0.6 is 0 Å². The number of nitrogens with two attached hydrogens (primary N) is 2. The van der Waals surface area contributed by atoms with Gasteiger partial charge in [-0.1, -0.05) is 30.3 Å². The molecule has 9 nitrogen and oxygen atoms in total. The zero-order valence-corrected chi connectivity index (χ0v) is 18.0. The van der Waals surface area contributed by atoms with Crippen LogP contribution in [0.4, 0.5) is 22.7 Å². The SMILES string of the molecule is NC(=O)CCN(CCc1ccccc1)c1ccc(NNc2ccc(N=O)cc2C(N)=O)cc1. The smallest absolute Gasteiger partial charge is 0.250 e. The number of carbonyl (C=O) groups excluding carboxylic acids is 2. The maximum Gasteiger partial charge on any atom is 0.250 e. The van der Waals surface area contributed by atoms with Crippen LogP contribution in [0.25, 0.3) is 0 Å². The molecule has 0 aliphatic rings. The van der Waals surface area contributed by atoms with Crippen molar-refractivity contribution in [1.82, 2.24) is 0 Å². The molecule has 2 amide bonds. The number of primary amides is 2. The van der Waals surface area contributed by atoms with Crippen LogP contribution in [-0.4, -0.2) is 24.9 Å². The molecule has 6 N–H and O–H groups in total. The first-order valence-electron chi connectivity index (χ1n) is 10.4. The molecule has 0 heterocycles. The van der Waals surface area contributed by atoms with Crippen LogP contribution < -0.4 is 27.2 Å². The highest BCUT2D eigenvalue weighted by Gasteiger charge is 2.11. The molecule has 3 rings (SSSR count). The quantitative estimate of drug-likeness (QED) is 0.247. The van der Waals surface area contributed by atoms with E-state index in [1.165, 1.54) is 17.7 Å². The van der Waals surface area contributed by atoms with E-state index in [1.807, 2.05) is 42.5 Å². The molecule has 33 heavy (non-hydrogen) atoms. The van der Waals surface area contributed by atoms with Crippen LogP contribution in [0.15, 0.2) is 78.0 Å². The number of nitrogens with zero attached hydrogens (tertiary/aromatic N) is 2. The third-order valence-corrected chi connectivity index (χ3v) is 5.09. The van der Waals surface area contributed by atoms with Crippen molar-refractivity contribution >= 4 is 34.6 Å². The first kappa shape index (κ1) is 23.3. The van der Waals surface area contributed by atoms with E-state index in [0.29, 0.717) is 12.2 Å². The fraction of sp³-hybridized carbons (Fsp3) is 0.167. The third kappa shape index (κ3) is 6.79. The van der Waals surface area contributed by atoms with E-state index in [4.69, 9.17) is 11.5 Å². The minimum atomic E-state index is -0.677. The van der Waals surface area contributed by atoms with E-state index in [2.05, 4.69) is 33.1 Å². The topological polar surface area (TPSA) is 143 Å². The van der Waals surface area contributed by atoms with E-state index < -0.39 is 5.91 Å². The van der Waals surface area contributed by atoms with Gasteiger partial charge in [-0.15, -0.1) is 4.91 Å². The van der Waals surface area contributed by atoms with E-state index in [-0.39, 0.29) is 23.6 Å². The van der Waals surface area contributed by atoms with Crippen LogP contribution in [0.2, 0.25) is 0 Å². The second kappa shape index (κ2) is 11.3. The van der Waals surface area contributed by atoms with Crippen molar-refractivity contribution < 1.29 is 9.59 Å². The van der Waals surface area contributed by atoms with Crippen molar-refractivity contribution in [3.8, 4) is 0 Å². The van der Waals surface area contributed by atoms with E-state index in [0.717, 1.165) is 24.3 Å². The van der Waals surface area contributed by atoms with Gasteiger partial charge >= 0.3 is 0 Å². The Kier molecular flexibility index (Phi) is 7.96. The first-order valence-corrected chi connectivity index (χ1v) is 10.4. The Labute approximate surface area is 191 Å². The van der Waals surface area contributed by atoms with Crippen LogP contribution in [0.1, 0.15) is 22.3 Å². The number of amides is 2. The lowest BCUT2D eigenvalue weighted by atomic mass is 10.1. The summed E-state index contributed by atoms with van der Waals surface area (Å²) in [7, 11) is 0. The van der Waals surface area contributed by atoms with Crippen LogP contribution in [-0.2, 0) is 11.2 Å². The first-order chi connectivity index (χ1) is 16.0. The maximum atomic E-state index is 11.7. The largest absolute Gasteiger partial charge is 0.371 e. The van der Waals surface area contributed by atoms with Gasteiger partial charge < -0.3 is 27.2 Å². The molecule has 0 aliphatic heterocycles. The van der Waals surface area contributed by atoms with Crippen LogP contribution in [0.5, 0.6) is 0 Å². The van der Waals surface area contributed by atoms with Gasteiger partial charge in [0.25, 0.3) is 5.91 Å². The van der Waals surface area contributed by atoms with Crippen molar-refractivity contribution in [2.45, 2.75) is 12.8 Å². The second-order valence-corrected chi connectivity index (χ2v) is 7.42. The van der Waals surface area contributed by atoms with E-state index in [9.17, 15) is 14.5 Å². The summed E-state index contributed by atoms with van der Waals surface area (Å²) in [6.07, 6.45) is 1.10. The Bertz CT molecular complexity index is 1100. The Morgan fingerprint density at radius 2 is 1.61 bits per heavy atom. The van der Waals surface area contributed by atoms with Crippen molar-refractivity contribution in [2.75, 3.05) is 28.8 Å². The van der Waals surface area contributed by atoms with Gasteiger partial charge in [0, 0.05) is 25.2 Å². The summed E-state index contributed by atoms with van der Waals surface area (Å²) in [4.78, 5) is 35.8. The van der Waals surface area contributed by atoms with Crippen molar-refractivity contribution in [3.63, 3.8) is 0 Å². The molecule has 3 aromatic rings. The number of anilines is 3. The van der Waals surface area contributed by atoms with Crippen molar-refractivity contribution in [1.29, 1.82) is 0 Å². The number of hydrogen-bond donors (Lipinski definition) is 4. The molecule has 0 aliphatic carbocycles. The lowest BCUT2D eigenvalue weighted by molar-refractivity contribution is -0.117. The Morgan fingerprint density at radius 1 is 0.879 bits per heavy atom. The van der Waals surface area contributed by atoms with Crippen molar-refractivity contribution in [3.05, 3.63) is 88.8 Å². The molecule has 3 aromatic carbocycles. The number of nitroso groups, excluding NO2 is 1. The average Bonchev–Trinajstić information content (AvgIpc) is 2.83. The molecule has 0 unspecified atom stereocenters. The summed E-state index contributed by atoms with van der Waals surface area (Å²) in [5.41, 5.74) is 20.3. The second-order valence-electron chi connectivity index (χ2n) is 7.42. The molecular formula is C24H26N6O3. The Balaban J connectivity index is 1.67. The lowest BCUT2D eigenvalue weighted by Crippen LogP contribution is -2.30. The van der Waals surface area contributed by atoms with Gasteiger partial charge in [-0.2, -0.15) is 0 Å². The molecule has 0 spiro atoms. The molecule has 0 radical (unpaired) electrons. The normalized spacial score (nSPS) is 10.3. The number of hydrogen-bond acceptors (Lipinski definition) is 7. The minimum Gasteiger partial charge on any atom is -0.371 e. The average molecular weight is 447 g/mol. The predicted molar refractivity (Wildman–Crippen MR) is 130 cm³/mol. The van der Waals surface area contributed by atoms with Gasteiger partial charge in [0.2, 0.25) is 5.91 Å². The number of benzene rings is 3. The van der Waals surface area contributed by atoms with Gasteiger partial charge in [0.15, 0.2) is 0 Å². The zero-order chi connectivity index (χ0) is 23.6. The van der Waals surface area contributed by atoms with E-state index in [1.54, 1.807) is 6.07 Å². The highest BCUT2D eigenvalue weighted by molar-refractivity contribution is 5.99. The Hall–Kier alpha value is -4.40. The molecule has 9 heteroatoms. The molecule has 0 bridgehead atoms. The van der Waals surface area contributed by atoms with Gasteiger partial charge in [-0.25, -0.2) is 0 Å². The summed E-state index contributed by atoms with van der Waals surface area (Å²) in [5.74, 6) is -1.02. The molecule has 0 saturated heterocycles. The molecule has 0 saturated carbocycles. The summed E-state index contributed by atoms with van der Waals surface area (Å²) >= 11 is 0. The summed E-state index contributed by atoms with van der Waals surface area (Å²) in [6.45, 7) is 1.26. The summed E-state index contributed by atoms with van der Waals surface area (Å²) < 4.78 is 0. The van der Waals surface area contributed by atoms with Gasteiger partial charge in [0.1, 0.15) is 5.69 Å². The third-order valence-electron chi connectivity index (χ3n) is 5.09. The molecule has 0 fully saturated rings. The summed E-state index contributed by atoms with van der Waals surface area (Å²) in [5, 5.41) is 2.82.